The summed E-state index contributed by atoms with van der Waals surface area (Å²) in [5.41, 5.74) is -0.121. The summed E-state index contributed by atoms with van der Waals surface area (Å²) in [5, 5.41) is 6.33. The Kier molecular flexibility index (Phi) is 3.47. The summed E-state index contributed by atoms with van der Waals surface area (Å²) >= 11 is 0. The molecule has 118 valence electrons. The van der Waals surface area contributed by atoms with Gasteiger partial charge in [0.2, 0.25) is 5.82 Å². The lowest BCUT2D eigenvalue weighted by Crippen LogP contribution is -2.15. The fourth-order valence-corrected chi connectivity index (χ4v) is 1.96. The van der Waals surface area contributed by atoms with Gasteiger partial charge in [0.1, 0.15) is 0 Å². The fourth-order valence-electron chi connectivity index (χ4n) is 1.96. The van der Waals surface area contributed by atoms with E-state index in [-0.39, 0.29) is 17.3 Å². The maximum atomic E-state index is 12.7. The summed E-state index contributed by atoms with van der Waals surface area (Å²) in [6.45, 7) is 1.76. The number of aromatic nitrogens is 4. The van der Waals surface area contributed by atoms with Gasteiger partial charge in [0, 0.05) is 17.6 Å². The van der Waals surface area contributed by atoms with Crippen LogP contribution in [0.4, 0.5) is 18.9 Å². The van der Waals surface area contributed by atoms with Gasteiger partial charge in [-0.3, -0.25) is 4.79 Å². The Bertz CT molecular complexity index is 887. The van der Waals surface area contributed by atoms with Crippen molar-refractivity contribution in [2.75, 3.05) is 5.32 Å². The molecule has 3 aromatic rings. The number of hydrogen-bond acceptors (Lipinski definition) is 4. The number of nitrogens with zero attached hydrogens (tertiary/aromatic N) is 4. The van der Waals surface area contributed by atoms with Gasteiger partial charge in [0.25, 0.3) is 11.7 Å². The lowest BCUT2D eigenvalue weighted by molar-refractivity contribution is -0.137. The summed E-state index contributed by atoms with van der Waals surface area (Å²) in [7, 11) is 0. The molecule has 1 N–H and O–H groups in total. The second-order valence-electron chi connectivity index (χ2n) is 4.77. The number of hydrogen-bond donors (Lipinski definition) is 1. The summed E-state index contributed by atoms with van der Waals surface area (Å²) in [4.78, 5) is 20.0. The van der Waals surface area contributed by atoms with Crippen LogP contribution in [-0.4, -0.2) is 25.5 Å². The lowest BCUT2D eigenvalue weighted by atomic mass is 10.2. The van der Waals surface area contributed by atoms with Gasteiger partial charge in [-0.05, 0) is 31.2 Å². The zero-order chi connectivity index (χ0) is 16.6. The first-order valence-corrected chi connectivity index (χ1v) is 6.51. The van der Waals surface area contributed by atoms with E-state index in [1.54, 1.807) is 13.0 Å². The smallest absolute Gasteiger partial charge is 0.319 e. The van der Waals surface area contributed by atoms with Gasteiger partial charge in [0.15, 0.2) is 0 Å². The maximum Gasteiger partial charge on any atom is 0.416 e. The number of benzene rings is 1. The predicted octanol–water partition coefficient (Wildman–Crippen LogP) is 2.70. The topological polar surface area (TPSA) is 72.2 Å². The maximum absolute atomic E-state index is 12.7. The number of carbonyl (C=O) groups excluding carboxylic acids is 1. The van der Waals surface area contributed by atoms with E-state index >= 15 is 0 Å². The molecule has 0 atom stereocenters. The van der Waals surface area contributed by atoms with E-state index in [2.05, 4.69) is 20.4 Å². The summed E-state index contributed by atoms with van der Waals surface area (Å²) in [6.07, 6.45) is -2.96. The van der Waals surface area contributed by atoms with Crippen LogP contribution < -0.4 is 5.32 Å². The third-order valence-corrected chi connectivity index (χ3v) is 3.08. The number of nitrogens with one attached hydrogen (secondary N) is 1. The second kappa shape index (κ2) is 5.34. The molecule has 0 spiro atoms. The molecule has 9 heteroatoms. The molecule has 3 rings (SSSR count). The van der Waals surface area contributed by atoms with E-state index in [1.807, 2.05) is 0 Å². The van der Waals surface area contributed by atoms with Gasteiger partial charge in [-0.1, -0.05) is 6.07 Å². The zero-order valence-electron chi connectivity index (χ0n) is 11.8. The molecule has 1 aromatic carbocycles. The highest BCUT2D eigenvalue weighted by Gasteiger charge is 2.30. The van der Waals surface area contributed by atoms with Crippen molar-refractivity contribution >= 4 is 17.4 Å². The summed E-state index contributed by atoms with van der Waals surface area (Å²) < 4.78 is 39.4. The second-order valence-corrected chi connectivity index (χ2v) is 4.77. The molecule has 0 aliphatic heterocycles. The van der Waals surface area contributed by atoms with E-state index < -0.39 is 17.6 Å². The summed E-state index contributed by atoms with van der Waals surface area (Å²) in [5.74, 6) is -0.655. The number of halogens is 3. The van der Waals surface area contributed by atoms with E-state index in [0.29, 0.717) is 0 Å². The van der Waals surface area contributed by atoms with Crippen molar-refractivity contribution in [1.82, 2.24) is 19.6 Å². The molecule has 0 aliphatic rings. The highest BCUT2D eigenvalue weighted by molar-refractivity contribution is 6.01. The lowest BCUT2D eigenvalue weighted by Gasteiger charge is -2.08. The van der Waals surface area contributed by atoms with Crippen LogP contribution in [-0.2, 0) is 6.18 Å². The average molecular weight is 321 g/mol. The molecular weight excluding hydrogens is 311 g/mol. The molecule has 0 unspecified atom stereocenters. The van der Waals surface area contributed by atoms with Gasteiger partial charge < -0.3 is 5.32 Å². The number of rotatable bonds is 2. The number of amides is 1. The monoisotopic (exact) mass is 321 g/mol. The SMILES string of the molecule is Cc1ccnc2nc(C(=O)Nc3cccc(C(F)(F)F)c3)nn12. The molecule has 0 saturated heterocycles. The molecular formula is C14H10F3N5O. The van der Waals surface area contributed by atoms with Crippen LogP contribution in [0.25, 0.3) is 5.78 Å². The predicted molar refractivity (Wildman–Crippen MR) is 74.9 cm³/mol. The zero-order valence-corrected chi connectivity index (χ0v) is 11.8. The third-order valence-electron chi connectivity index (χ3n) is 3.08. The molecule has 23 heavy (non-hydrogen) atoms. The first-order valence-electron chi connectivity index (χ1n) is 6.51. The summed E-state index contributed by atoms with van der Waals surface area (Å²) in [6, 6.07) is 6.02. The van der Waals surface area contributed by atoms with Crippen molar-refractivity contribution in [3.8, 4) is 0 Å². The Balaban J connectivity index is 1.87. The van der Waals surface area contributed by atoms with Crippen LogP contribution in [0.2, 0.25) is 0 Å². The van der Waals surface area contributed by atoms with Crippen LogP contribution in [0.3, 0.4) is 0 Å². The number of anilines is 1. The van der Waals surface area contributed by atoms with Crippen LogP contribution in [0, 0.1) is 6.92 Å². The van der Waals surface area contributed by atoms with Gasteiger partial charge in [-0.25, -0.2) is 9.50 Å². The molecule has 2 aromatic heterocycles. The van der Waals surface area contributed by atoms with Crippen molar-refractivity contribution in [3.63, 3.8) is 0 Å². The van der Waals surface area contributed by atoms with Gasteiger partial charge in [-0.2, -0.15) is 18.2 Å². The molecule has 2 heterocycles. The molecule has 1 amide bonds. The third kappa shape index (κ3) is 2.98. The molecule has 0 bridgehead atoms. The Hall–Kier alpha value is -2.97. The van der Waals surface area contributed by atoms with Crippen molar-refractivity contribution < 1.29 is 18.0 Å². The van der Waals surface area contributed by atoms with Crippen LogP contribution in [0.5, 0.6) is 0 Å². The minimum Gasteiger partial charge on any atom is -0.319 e. The fraction of sp³-hybridized carbons (Fsp3) is 0.143. The van der Waals surface area contributed by atoms with Gasteiger partial charge in [-0.15, -0.1) is 5.10 Å². The molecule has 6 nitrogen and oxygen atoms in total. The van der Waals surface area contributed by atoms with E-state index in [4.69, 9.17) is 0 Å². The number of aryl methyl sites for hydroxylation is 1. The van der Waals surface area contributed by atoms with Crippen molar-refractivity contribution in [3.05, 3.63) is 53.6 Å². The largest absolute Gasteiger partial charge is 0.416 e. The number of carbonyl (C=O) groups is 1. The Morgan fingerprint density at radius 2 is 2.04 bits per heavy atom. The number of fused-ring (bicyclic) bond motifs is 1. The van der Waals surface area contributed by atoms with Gasteiger partial charge in [0.05, 0.1) is 5.56 Å². The Morgan fingerprint density at radius 1 is 1.26 bits per heavy atom. The highest BCUT2D eigenvalue weighted by Crippen LogP contribution is 2.30. The van der Waals surface area contributed by atoms with E-state index in [1.165, 1.54) is 22.8 Å². The first kappa shape index (κ1) is 14.9. The minimum atomic E-state index is -4.48. The Labute approximate surface area is 128 Å². The normalized spacial score (nSPS) is 11.7. The minimum absolute atomic E-state index is 0.00774. The highest BCUT2D eigenvalue weighted by atomic mass is 19.4. The van der Waals surface area contributed by atoms with E-state index in [0.717, 1.165) is 17.8 Å². The standard InChI is InChI=1S/C14H10F3N5O/c1-8-5-6-18-13-20-11(21-22(8)13)12(23)19-10-4-2-3-9(7-10)14(15,16)17/h2-7H,1H3,(H,19,23). The average Bonchev–Trinajstić information content (AvgIpc) is 2.92. The van der Waals surface area contributed by atoms with Crippen LogP contribution in [0.15, 0.2) is 36.5 Å². The van der Waals surface area contributed by atoms with Crippen molar-refractivity contribution in [1.29, 1.82) is 0 Å². The van der Waals surface area contributed by atoms with Crippen LogP contribution in [0.1, 0.15) is 21.9 Å². The number of alkyl halides is 3. The molecule has 0 saturated carbocycles. The van der Waals surface area contributed by atoms with Crippen molar-refractivity contribution in [2.45, 2.75) is 13.1 Å². The molecule has 0 aliphatic carbocycles. The Morgan fingerprint density at radius 3 is 2.74 bits per heavy atom. The van der Waals surface area contributed by atoms with E-state index in [9.17, 15) is 18.0 Å². The quantitative estimate of drug-likeness (QED) is 0.788. The van der Waals surface area contributed by atoms with Crippen LogP contribution >= 0.6 is 0 Å². The van der Waals surface area contributed by atoms with Gasteiger partial charge >= 0.3 is 6.18 Å². The first-order chi connectivity index (χ1) is 10.8. The molecule has 0 radical (unpaired) electrons. The molecule has 0 fully saturated rings. The van der Waals surface area contributed by atoms with Crippen molar-refractivity contribution in [2.24, 2.45) is 0 Å².